The van der Waals surface area contributed by atoms with E-state index in [1.54, 1.807) is 20.8 Å². The highest BCUT2D eigenvalue weighted by Gasteiger charge is 2.52. The Balaban J connectivity index is 1.77. The van der Waals surface area contributed by atoms with Crippen molar-refractivity contribution in [2.75, 3.05) is 19.8 Å². The number of amides is 2. The van der Waals surface area contributed by atoms with Crippen LogP contribution in [0, 0.1) is 0 Å². The Morgan fingerprint density at radius 3 is 1.68 bits per heavy atom. The summed E-state index contributed by atoms with van der Waals surface area (Å²) in [6.45, 7) is 5.54. The van der Waals surface area contributed by atoms with Crippen molar-refractivity contribution in [3.05, 3.63) is 0 Å². The predicted molar refractivity (Wildman–Crippen MR) is 143 cm³/mol. The molecule has 0 spiro atoms. The standard InChI is InChI=1S/C26H46N2O16/c1-9(31)27-14-18(35)17(34)13(42-24(14)44-26(3,4)5)8-39-23-15(28-10(2)32)19(36)22(12(7-30)41-23)43-25-21(38)20(37)16(33)11(6-29)40-25/h11-25,29-30,33-38H,6-8H2,1-5H3,(H,27,31)(H,28,32)/t11?,12?,13?,14?,15?,16?,17?,18-,19-,20+,21?,22?,23-,24+,25+/m1/s1. The molecule has 256 valence electrons. The van der Waals surface area contributed by atoms with Crippen LogP contribution in [0.5, 0.6) is 0 Å². The molecule has 0 bridgehead atoms. The number of aliphatic hydroxyl groups excluding tert-OH is 8. The van der Waals surface area contributed by atoms with Gasteiger partial charge in [0.2, 0.25) is 11.8 Å². The molecule has 3 saturated heterocycles. The van der Waals surface area contributed by atoms with Crippen molar-refractivity contribution >= 4 is 11.8 Å². The average Bonchev–Trinajstić information content (AvgIpc) is 2.93. The summed E-state index contributed by atoms with van der Waals surface area (Å²) >= 11 is 0. The zero-order valence-corrected chi connectivity index (χ0v) is 25.1. The van der Waals surface area contributed by atoms with Gasteiger partial charge in [0.05, 0.1) is 25.4 Å². The number of hydrogen-bond acceptors (Lipinski definition) is 16. The maximum absolute atomic E-state index is 12.0. The molecule has 18 heteroatoms. The first-order chi connectivity index (χ1) is 20.5. The van der Waals surface area contributed by atoms with Crippen LogP contribution in [0.25, 0.3) is 0 Å². The Hall–Kier alpha value is -1.62. The molecule has 10 N–H and O–H groups in total. The van der Waals surface area contributed by atoms with E-state index >= 15 is 0 Å². The highest BCUT2D eigenvalue weighted by Crippen LogP contribution is 2.31. The van der Waals surface area contributed by atoms with E-state index in [0.717, 1.165) is 6.92 Å². The minimum Gasteiger partial charge on any atom is -0.394 e. The molecule has 44 heavy (non-hydrogen) atoms. The van der Waals surface area contributed by atoms with Crippen molar-refractivity contribution in [2.24, 2.45) is 0 Å². The fraction of sp³-hybridized carbons (Fsp3) is 0.923. The van der Waals surface area contributed by atoms with Crippen molar-refractivity contribution < 1.29 is 78.9 Å². The van der Waals surface area contributed by atoms with E-state index in [1.165, 1.54) is 6.92 Å². The molecule has 0 aromatic carbocycles. The molecule has 15 atom stereocenters. The number of rotatable bonds is 10. The molecular formula is C26H46N2O16. The summed E-state index contributed by atoms with van der Waals surface area (Å²) in [5.74, 6) is -1.12. The molecule has 3 aliphatic heterocycles. The third-order valence-electron chi connectivity index (χ3n) is 7.33. The van der Waals surface area contributed by atoms with E-state index in [1.807, 2.05) is 0 Å². The SMILES string of the molecule is CC(=O)NC1[C@H](OC(C)(C)C)OC(CO[C@@H]2OC(CO)C(O[C@@H]3OC(CO)C(O)[C@H](O)C3O)[C@H](O)C2NC(C)=O)C(O)[C@@H]1O. The van der Waals surface area contributed by atoms with Crippen molar-refractivity contribution in [1.29, 1.82) is 0 Å². The lowest BCUT2D eigenvalue weighted by Gasteiger charge is -2.48. The largest absolute Gasteiger partial charge is 0.394 e. The van der Waals surface area contributed by atoms with E-state index in [4.69, 9.17) is 28.4 Å². The van der Waals surface area contributed by atoms with Crippen LogP contribution >= 0.6 is 0 Å². The van der Waals surface area contributed by atoms with Gasteiger partial charge in [0.1, 0.15) is 73.1 Å². The number of carbonyl (C=O) groups excluding carboxylic acids is 2. The molecule has 0 aliphatic carbocycles. The lowest BCUT2D eigenvalue weighted by atomic mass is 9.95. The Bertz CT molecular complexity index is 951. The third kappa shape index (κ3) is 8.80. The van der Waals surface area contributed by atoms with Crippen LogP contribution in [0.3, 0.4) is 0 Å². The molecule has 3 heterocycles. The zero-order valence-electron chi connectivity index (χ0n) is 25.1. The van der Waals surface area contributed by atoms with Crippen molar-refractivity contribution in [2.45, 2.75) is 132 Å². The van der Waals surface area contributed by atoms with E-state index in [2.05, 4.69) is 10.6 Å². The smallest absolute Gasteiger partial charge is 0.217 e. The number of hydrogen-bond donors (Lipinski definition) is 10. The van der Waals surface area contributed by atoms with Gasteiger partial charge >= 0.3 is 0 Å². The van der Waals surface area contributed by atoms with Crippen LogP contribution in [0.2, 0.25) is 0 Å². The Labute approximate surface area is 253 Å². The number of nitrogens with one attached hydrogen (secondary N) is 2. The van der Waals surface area contributed by atoms with Gasteiger partial charge in [-0.2, -0.15) is 0 Å². The molecule has 3 aliphatic rings. The normalized spacial score (nSPS) is 43.3. The molecule has 3 fully saturated rings. The summed E-state index contributed by atoms with van der Waals surface area (Å²) in [6.07, 6.45) is -19.9. The zero-order chi connectivity index (χ0) is 33.1. The molecule has 0 saturated carbocycles. The third-order valence-corrected chi connectivity index (χ3v) is 7.33. The molecular weight excluding hydrogens is 596 g/mol. The van der Waals surface area contributed by atoms with Crippen molar-refractivity contribution in [3.8, 4) is 0 Å². The first kappa shape index (κ1) is 36.8. The fourth-order valence-electron chi connectivity index (χ4n) is 5.20. The highest BCUT2D eigenvalue weighted by atomic mass is 16.7. The Morgan fingerprint density at radius 1 is 0.659 bits per heavy atom. The predicted octanol–water partition coefficient (Wildman–Crippen LogP) is -5.46. The minimum absolute atomic E-state index is 0.487. The molecule has 0 aromatic heterocycles. The van der Waals surface area contributed by atoms with Crippen LogP contribution in [0.4, 0.5) is 0 Å². The summed E-state index contributed by atoms with van der Waals surface area (Å²) < 4.78 is 34.3. The van der Waals surface area contributed by atoms with Gasteiger partial charge in [-0.15, -0.1) is 0 Å². The van der Waals surface area contributed by atoms with Crippen LogP contribution in [-0.2, 0) is 38.0 Å². The van der Waals surface area contributed by atoms with E-state index in [0.29, 0.717) is 0 Å². The summed E-state index contributed by atoms with van der Waals surface area (Å²) in [4.78, 5) is 23.8. The van der Waals surface area contributed by atoms with Crippen LogP contribution < -0.4 is 10.6 Å². The quantitative estimate of drug-likeness (QED) is 0.106. The van der Waals surface area contributed by atoms with Crippen molar-refractivity contribution in [1.82, 2.24) is 10.6 Å². The molecule has 2 amide bonds. The first-order valence-electron chi connectivity index (χ1n) is 14.2. The minimum atomic E-state index is -1.83. The maximum atomic E-state index is 12.0. The Morgan fingerprint density at radius 2 is 1.16 bits per heavy atom. The van der Waals surface area contributed by atoms with Gasteiger partial charge in [0.15, 0.2) is 18.9 Å². The lowest BCUT2D eigenvalue weighted by Crippen LogP contribution is -2.68. The van der Waals surface area contributed by atoms with Crippen LogP contribution in [0.1, 0.15) is 34.6 Å². The summed E-state index contributed by atoms with van der Waals surface area (Å²) in [7, 11) is 0. The van der Waals surface area contributed by atoms with E-state index in [-0.39, 0.29) is 0 Å². The molecule has 9 unspecified atom stereocenters. The second kappa shape index (κ2) is 15.3. The van der Waals surface area contributed by atoms with E-state index < -0.39 is 129 Å². The number of aliphatic hydroxyl groups is 8. The van der Waals surface area contributed by atoms with Gasteiger partial charge in [-0.25, -0.2) is 0 Å². The maximum Gasteiger partial charge on any atom is 0.217 e. The average molecular weight is 643 g/mol. The number of ether oxygens (including phenoxy) is 6. The summed E-state index contributed by atoms with van der Waals surface area (Å²) in [6, 6.07) is -2.50. The molecule has 0 radical (unpaired) electrons. The topological polar surface area (TPSA) is 275 Å². The van der Waals surface area contributed by atoms with Crippen molar-refractivity contribution in [3.63, 3.8) is 0 Å². The van der Waals surface area contributed by atoms with Gasteiger partial charge in [-0.1, -0.05) is 0 Å². The van der Waals surface area contributed by atoms with Gasteiger partial charge in [-0.05, 0) is 20.8 Å². The molecule has 18 nitrogen and oxygen atoms in total. The van der Waals surface area contributed by atoms with Crippen LogP contribution in [-0.4, -0.2) is 170 Å². The lowest BCUT2D eigenvalue weighted by molar-refractivity contribution is -0.352. The van der Waals surface area contributed by atoms with Crippen LogP contribution in [0.15, 0.2) is 0 Å². The number of carbonyl (C=O) groups is 2. The first-order valence-corrected chi connectivity index (χ1v) is 14.2. The van der Waals surface area contributed by atoms with E-state index in [9.17, 15) is 50.4 Å². The van der Waals surface area contributed by atoms with Gasteiger partial charge < -0.3 is 79.9 Å². The fourth-order valence-corrected chi connectivity index (χ4v) is 5.20. The highest BCUT2D eigenvalue weighted by molar-refractivity contribution is 5.73. The molecule has 0 aromatic rings. The van der Waals surface area contributed by atoms with Gasteiger partial charge in [-0.3, -0.25) is 9.59 Å². The van der Waals surface area contributed by atoms with Gasteiger partial charge in [0.25, 0.3) is 0 Å². The van der Waals surface area contributed by atoms with Gasteiger partial charge in [0, 0.05) is 13.8 Å². The monoisotopic (exact) mass is 642 g/mol. The Kier molecular flexibility index (Phi) is 12.8. The second-order valence-electron chi connectivity index (χ2n) is 12.1. The summed E-state index contributed by atoms with van der Waals surface area (Å²) in [5.41, 5.74) is -0.786. The molecule has 3 rings (SSSR count). The summed E-state index contributed by atoms with van der Waals surface area (Å²) in [5, 5.41) is 87.8. The second-order valence-corrected chi connectivity index (χ2v) is 12.1.